The molecule has 1 N–H and O–H groups in total. The largest absolute Gasteiger partial charge is 0.375 e. The SMILES string of the molecule is C1CNC[C@]2(C1)C[C@H](OCC1CC1)CO2. The third kappa shape index (κ3) is 2.35. The van der Waals surface area contributed by atoms with Crippen LogP contribution in [-0.4, -0.2) is 38.0 Å². The molecule has 0 radical (unpaired) electrons. The Kier molecular flexibility index (Phi) is 2.71. The van der Waals surface area contributed by atoms with Crippen molar-refractivity contribution in [3.8, 4) is 0 Å². The minimum Gasteiger partial charge on any atom is -0.375 e. The summed E-state index contributed by atoms with van der Waals surface area (Å²) in [6.07, 6.45) is 6.68. The van der Waals surface area contributed by atoms with E-state index in [-0.39, 0.29) is 5.60 Å². The second-order valence-corrected chi connectivity index (χ2v) is 5.38. The van der Waals surface area contributed by atoms with Gasteiger partial charge in [0.1, 0.15) is 0 Å². The quantitative estimate of drug-likeness (QED) is 0.764. The Bertz CT molecular complexity index is 222. The van der Waals surface area contributed by atoms with Gasteiger partial charge in [-0.15, -0.1) is 0 Å². The maximum absolute atomic E-state index is 5.96. The van der Waals surface area contributed by atoms with Gasteiger partial charge in [0.2, 0.25) is 0 Å². The highest BCUT2D eigenvalue weighted by molar-refractivity contribution is 4.94. The molecule has 1 saturated carbocycles. The first kappa shape index (κ1) is 10.1. The van der Waals surface area contributed by atoms with Gasteiger partial charge in [-0.25, -0.2) is 0 Å². The lowest BCUT2D eigenvalue weighted by Crippen LogP contribution is -2.45. The lowest BCUT2D eigenvalue weighted by atomic mass is 9.90. The molecule has 2 heterocycles. The second-order valence-electron chi connectivity index (χ2n) is 5.38. The van der Waals surface area contributed by atoms with E-state index in [1.165, 1.54) is 25.7 Å². The van der Waals surface area contributed by atoms with Crippen LogP contribution in [0, 0.1) is 5.92 Å². The normalized spacial score (nSPS) is 41.2. The van der Waals surface area contributed by atoms with Gasteiger partial charge in [-0.1, -0.05) is 0 Å². The van der Waals surface area contributed by atoms with Gasteiger partial charge >= 0.3 is 0 Å². The van der Waals surface area contributed by atoms with Crippen LogP contribution in [0.3, 0.4) is 0 Å². The van der Waals surface area contributed by atoms with Crippen LogP contribution in [0.4, 0.5) is 0 Å². The molecule has 3 aliphatic rings. The molecule has 0 aromatic rings. The fourth-order valence-electron chi connectivity index (χ4n) is 2.70. The summed E-state index contributed by atoms with van der Waals surface area (Å²) in [5.74, 6) is 0.867. The van der Waals surface area contributed by atoms with E-state index >= 15 is 0 Å². The maximum atomic E-state index is 5.96. The smallest absolute Gasteiger partial charge is 0.0836 e. The summed E-state index contributed by atoms with van der Waals surface area (Å²) < 4.78 is 11.9. The Hall–Kier alpha value is -0.120. The number of rotatable bonds is 3. The van der Waals surface area contributed by atoms with Crippen molar-refractivity contribution in [1.82, 2.24) is 5.32 Å². The predicted molar refractivity (Wildman–Crippen MR) is 57.9 cm³/mol. The maximum Gasteiger partial charge on any atom is 0.0836 e. The van der Waals surface area contributed by atoms with E-state index < -0.39 is 0 Å². The highest BCUT2D eigenvalue weighted by Gasteiger charge is 2.42. The van der Waals surface area contributed by atoms with Crippen LogP contribution in [0.5, 0.6) is 0 Å². The van der Waals surface area contributed by atoms with Crippen molar-refractivity contribution < 1.29 is 9.47 Å². The van der Waals surface area contributed by atoms with E-state index in [1.807, 2.05) is 0 Å². The lowest BCUT2D eigenvalue weighted by molar-refractivity contribution is -0.0190. The zero-order chi connectivity index (χ0) is 10.1. The van der Waals surface area contributed by atoms with Gasteiger partial charge in [0.15, 0.2) is 0 Å². The molecular weight excluding hydrogens is 190 g/mol. The molecule has 0 bridgehead atoms. The molecule has 2 saturated heterocycles. The summed E-state index contributed by atoms with van der Waals surface area (Å²) >= 11 is 0. The molecule has 0 aromatic heterocycles. The first-order valence-corrected chi connectivity index (χ1v) is 6.33. The van der Waals surface area contributed by atoms with Crippen LogP contribution in [0.15, 0.2) is 0 Å². The van der Waals surface area contributed by atoms with Gasteiger partial charge in [-0.05, 0) is 38.1 Å². The lowest BCUT2D eigenvalue weighted by Gasteiger charge is -2.32. The molecular formula is C12H21NO2. The topological polar surface area (TPSA) is 30.5 Å². The van der Waals surface area contributed by atoms with Crippen LogP contribution in [0.2, 0.25) is 0 Å². The van der Waals surface area contributed by atoms with Gasteiger partial charge in [0.05, 0.1) is 18.3 Å². The van der Waals surface area contributed by atoms with E-state index in [1.54, 1.807) is 0 Å². The third-order valence-corrected chi connectivity index (χ3v) is 3.87. The summed E-state index contributed by atoms with van der Waals surface area (Å²) in [7, 11) is 0. The molecule has 15 heavy (non-hydrogen) atoms. The van der Waals surface area contributed by atoms with Gasteiger partial charge in [0.25, 0.3) is 0 Å². The van der Waals surface area contributed by atoms with Gasteiger partial charge < -0.3 is 14.8 Å². The van der Waals surface area contributed by atoms with Crippen molar-refractivity contribution >= 4 is 0 Å². The molecule has 86 valence electrons. The minimum absolute atomic E-state index is 0.118. The highest BCUT2D eigenvalue weighted by Crippen LogP contribution is 2.35. The summed E-state index contributed by atoms with van der Waals surface area (Å²) in [6.45, 7) is 3.96. The number of piperidine rings is 1. The standard InChI is InChI=1S/C12H21NO2/c1-4-12(9-13-5-1)6-11(8-15-12)14-7-10-2-3-10/h10-11,13H,1-9H2/t11-,12-/m0/s1. The molecule has 3 heteroatoms. The van der Waals surface area contributed by atoms with Crippen molar-refractivity contribution in [2.75, 3.05) is 26.3 Å². The molecule has 0 aromatic carbocycles. The van der Waals surface area contributed by atoms with Crippen molar-refractivity contribution in [3.05, 3.63) is 0 Å². The average molecular weight is 211 g/mol. The van der Waals surface area contributed by atoms with E-state index in [0.717, 1.165) is 38.6 Å². The Morgan fingerprint density at radius 2 is 2.33 bits per heavy atom. The molecule has 2 atom stereocenters. The number of ether oxygens (including phenoxy) is 2. The van der Waals surface area contributed by atoms with Crippen LogP contribution in [0.1, 0.15) is 32.1 Å². The molecule has 0 amide bonds. The molecule has 3 nitrogen and oxygen atoms in total. The van der Waals surface area contributed by atoms with Crippen molar-refractivity contribution in [2.24, 2.45) is 5.92 Å². The molecule has 1 spiro atoms. The summed E-state index contributed by atoms with van der Waals surface area (Å²) in [6, 6.07) is 0. The molecule has 1 aliphatic carbocycles. The van der Waals surface area contributed by atoms with Crippen LogP contribution in [0.25, 0.3) is 0 Å². The number of nitrogens with one attached hydrogen (secondary N) is 1. The van der Waals surface area contributed by atoms with Gasteiger partial charge in [-0.3, -0.25) is 0 Å². The predicted octanol–water partition coefficient (Wildman–Crippen LogP) is 1.32. The Labute approximate surface area is 91.5 Å². The van der Waals surface area contributed by atoms with Gasteiger partial charge in [-0.2, -0.15) is 0 Å². The fourth-order valence-corrected chi connectivity index (χ4v) is 2.70. The van der Waals surface area contributed by atoms with Gasteiger partial charge in [0, 0.05) is 19.6 Å². The summed E-state index contributed by atoms with van der Waals surface area (Å²) in [5.41, 5.74) is 0.118. The van der Waals surface area contributed by atoms with Crippen molar-refractivity contribution in [3.63, 3.8) is 0 Å². The van der Waals surface area contributed by atoms with Crippen molar-refractivity contribution in [2.45, 2.75) is 43.8 Å². The number of hydrogen-bond acceptors (Lipinski definition) is 3. The first-order valence-electron chi connectivity index (χ1n) is 6.33. The average Bonchev–Trinajstić information content (AvgIpc) is 3.02. The second kappa shape index (κ2) is 4.04. The van der Waals surface area contributed by atoms with Crippen molar-refractivity contribution in [1.29, 1.82) is 0 Å². The highest BCUT2D eigenvalue weighted by atomic mass is 16.6. The number of hydrogen-bond donors (Lipinski definition) is 1. The Morgan fingerprint density at radius 1 is 1.40 bits per heavy atom. The van der Waals surface area contributed by atoms with Crippen LogP contribution >= 0.6 is 0 Å². The Balaban J connectivity index is 1.47. The summed E-state index contributed by atoms with van der Waals surface area (Å²) in [5, 5.41) is 3.43. The zero-order valence-electron chi connectivity index (χ0n) is 9.34. The fraction of sp³-hybridized carbons (Fsp3) is 1.00. The molecule has 3 rings (SSSR count). The van der Waals surface area contributed by atoms with Crippen LogP contribution in [-0.2, 0) is 9.47 Å². The zero-order valence-corrected chi connectivity index (χ0v) is 9.34. The monoisotopic (exact) mass is 211 g/mol. The van der Waals surface area contributed by atoms with E-state index in [4.69, 9.17) is 9.47 Å². The van der Waals surface area contributed by atoms with E-state index in [2.05, 4.69) is 5.32 Å². The molecule has 2 aliphatic heterocycles. The Morgan fingerprint density at radius 3 is 3.07 bits per heavy atom. The summed E-state index contributed by atoms with van der Waals surface area (Å²) in [4.78, 5) is 0. The van der Waals surface area contributed by atoms with E-state index in [9.17, 15) is 0 Å². The first-order chi connectivity index (χ1) is 7.36. The van der Waals surface area contributed by atoms with E-state index in [0.29, 0.717) is 6.10 Å². The van der Waals surface area contributed by atoms with Crippen LogP contribution < -0.4 is 5.32 Å². The molecule has 0 unspecified atom stereocenters. The molecule has 3 fully saturated rings. The third-order valence-electron chi connectivity index (χ3n) is 3.87. The minimum atomic E-state index is 0.118.